The van der Waals surface area contributed by atoms with Gasteiger partial charge in [0.05, 0.1) is 12.1 Å². The van der Waals surface area contributed by atoms with Crippen LogP contribution >= 0.6 is 11.6 Å². The highest BCUT2D eigenvalue weighted by Gasteiger charge is 2.14. The minimum Gasteiger partial charge on any atom is -0.362 e. The molecule has 1 heterocycles. The van der Waals surface area contributed by atoms with Gasteiger partial charge in [0.1, 0.15) is 5.82 Å². The van der Waals surface area contributed by atoms with Gasteiger partial charge in [-0.2, -0.15) is 0 Å². The molecule has 0 aliphatic rings. The van der Waals surface area contributed by atoms with Gasteiger partial charge in [-0.3, -0.25) is 9.59 Å². The molecule has 1 aromatic heterocycles. The highest BCUT2D eigenvalue weighted by Crippen LogP contribution is 2.14. The van der Waals surface area contributed by atoms with Crippen molar-refractivity contribution in [1.82, 2.24) is 10.3 Å². The second-order valence-corrected chi connectivity index (χ2v) is 5.44. The van der Waals surface area contributed by atoms with Crippen LogP contribution < -0.4 is 15.5 Å². The number of benzene rings is 1. The van der Waals surface area contributed by atoms with Crippen LogP contribution in [0.15, 0.2) is 42.6 Å². The molecule has 2 aromatic rings. The number of rotatable bonds is 5. The van der Waals surface area contributed by atoms with Gasteiger partial charge in [-0.25, -0.2) is 4.98 Å². The van der Waals surface area contributed by atoms with Gasteiger partial charge >= 0.3 is 0 Å². The number of amides is 2. The Hall–Kier alpha value is -2.60. The summed E-state index contributed by atoms with van der Waals surface area (Å²) in [5.41, 5.74) is 1.03. The fourth-order valence-electron chi connectivity index (χ4n) is 1.92. The monoisotopic (exact) mass is 332 g/mol. The normalized spacial score (nSPS) is 10.0. The van der Waals surface area contributed by atoms with Crippen LogP contribution in [0.3, 0.4) is 0 Å². The van der Waals surface area contributed by atoms with Crippen molar-refractivity contribution in [1.29, 1.82) is 0 Å². The van der Waals surface area contributed by atoms with Crippen molar-refractivity contribution < 1.29 is 9.59 Å². The van der Waals surface area contributed by atoms with E-state index in [1.807, 2.05) is 0 Å². The van der Waals surface area contributed by atoms with Crippen LogP contribution in [0.5, 0.6) is 0 Å². The predicted molar refractivity (Wildman–Crippen MR) is 91.0 cm³/mol. The zero-order valence-corrected chi connectivity index (χ0v) is 13.6. The Morgan fingerprint density at radius 3 is 2.52 bits per heavy atom. The number of nitrogens with zero attached hydrogens (tertiary/aromatic N) is 2. The van der Waals surface area contributed by atoms with Gasteiger partial charge in [-0.05, 0) is 36.4 Å². The molecule has 120 valence electrons. The molecule has 0 fully saturated rings. The third kappa shape index (κ3) is 4.69. The number of anilines is 2. The van der Waals surface area contributed by atoms with E-state index < -0.39 is 0 Å². The third-order valence-electron chi connectivity index (χ3n) is 2.99. The van der Waals surface area contributed by atoms with Crippen LogP contribution in [0.4, 0.5) is 11.5 Å². The average Bonchev–Trinajstić information content (AvgIpc) is 2.54. The lowest BCUT2D eigenvalue weighted by molar-refractivity contribution is -0.115. The van der Waals surface area contributed by atoms with Gasteiger partial charge in [-0.1, -0.05) is 11.6 Å². The van der Waals surface area contributed by atoms with E-state index in [9.17, 15) is 9.59 Å². The molecule has 2 N–H and O–H groups in total. The number of carbonyl (C=O) groups is 2. The van der Waals surface area contributed by atoms with Crippen molar-refractivity contribution in [3.63, 3.8) is 0 Å². The SMILES string of the molecule is CN(C)c1ncccc1C(=O)NCC(=O)Nc1ccc(Cl)cc1. The second kappa shape index (κ2) is 7.60. The molecule has 7 heteroatoms. The summed E-state index contributed by atoms with van der Waals surface area (Å²) in [4.78, 5) is 30.0. The number of halogens is 1. The number of nitrogens with one attached hydrogen (secondary N) is 2. The minimum atomic E-state index is -0.354. The summed E-state index contributed by atoms with van der Waals surface area (Å²) in [6.45, 7) is -0.136. The molecule has 0 radical (unpaired) electrons. The summed E-state index contributed by atoms with van der Waals surface area (Å²) < 4.78 is 0. The van der Waals surface area contributed by atoms with Crippen LogP contribution in [-0.4, -0.2) is 37.4 Å². The summed E-state index contributed by atoms with van der Waals surface area (Å²) in [7, 11) is 3.60. The highest BCUT2D eigenvalue weighted by molar-refractivity contribution is 6.30. The van der Waals surface area contributed by atoms with Gasteiger partial charge in [0, 0.05) is 31.0 Å². The molecule has 0 unspecified atom stereocenters. The molecular formula is C16H17ClN4O2. The van der Waals surface area contributed by atoms with E-state index in [4.69, 9.17) is 11.6 Å². The number of aromatic nitrogens is 1. The van der Waals surface area contributed by atoms with Gasteiger partial charge in [0.25, 0.3) is 5.91 Å². The van der Waals surface area contributed by atoms with Gasteiger partial charge < -0.3 is 15.5 Å². The van der Waals surface area contributed by atoms with E-state index >= 15 is 0 Å². The average molecular weight is 333 g/mol. The summed E-state index contributed by atoms with van der Waals surface area (Å²) in [5, 5.41) is 5.84. The summed E-state index contributed by atoms with van der Waals surface area (Å²) in [5.74, 6) is -0.132. The lowest BCUT2D eigenvalue weighted by Crippen LogP contribution is -2.33. The molecule has 2 rings (SSSR count). The largest absolute Gasteiger partial charge is 0.362 e. The quantitative estimate of drug-likeness (QED) is 0.880. The zero-order valence-electron chi connectivity index (χ0n) is 12.8. The molecule has 0 atom stereocenters. The number of hydrogen-bond acceptors (Lipinski definition) is 4. The second-order valence-electron chi connectivity index (χ2n) is 5.01. The minimum absolute atomic E-state index is 0.136. The predicted octanol–water partition coefficient (Wildman–Crippen LogP) is 2.17. The topological polar surface area (TPSA) is 74.3 Å². The van der Waals surface area contributed by atoms with Crippen LogP contribution in [0.1, 0.15) is 10.4 Å². The number of hydrogen-bond donors (Lipinski definition) is 2. The smallest absolute Gasteiger partial charge is 0.255 e. The molecule has 0 aliphatic heterocycles. The lowest BCUT2D eigenvalue weighted by Gasteiger charge is -2.15. The Morgan fingerprint density at radius 2 is 1.87 bits per heavy atom. The first kappa shape index (κ1) is 16.8. The first-order valence-corrected chi connectivity index (χ1v) is 7.31. The maximum absolute atomic E-state index is 12.2. The van der Waals surface area contributed by atoms with Crippen LogP contribution in [0.25, 0.3) is 0 Å². The molecule has 23 heavy (non-hydrogen) atoms. The van der Waals surface area contributed by atoms with Crippen LogP contribution in [-0.2, 0) is 4.79 Å². The molecule has 0 spiro atoms. The number of pyridine rings is 1. The Bertz CT molecular complexity index is 701. The fourth-order valence-corrected chi connectivity index (χ4v) is 2.05. The van der Waals surface area contributed by atoms with Crippen molar-refractivity contribution in [2.75, 3.05) is 30.9 Å². The molecule has 2 amide bonds. The fraction of sp³-hybridized carbons (Fsp3) is 0.188. The Kier molecular flexibility index (Phi) is 5.54. The summed E-state index contributed by atoms with van der Waals surface area (Å²) >= 11 is 5.78. The molecule has 0 aliphatic carbocycles. The van der Waals surface area contributed by atoms with Crippen molar-refractivity contribution in [3.8, 4) is 0 Å². The van der Waals surface area contributed by atoms with Crippen molar-refractivity contribution in [2.45, 2.75) is 0 Å². The zero-order chi connectivity index (χ0) is 16.8. The summed E-state index contributed by atoms with van der Waals surface area (Å²) in [6.07, 6.45) is 1.61. The van der Waals surface area contributed by atoms with Crippen LogP contribution in [0, 0.1) is 0 Å². The van der Waals surface area contributed by atoms with Gasteiger partial charge in [0.2, 0.25) is 5.91 Å². The lowest BCUT2D eigenvalue weighted by atomic mass is 10.2. The highest BCUT2D eigenvalue weighted by atomic mass is 35.5. The van der Waals surface area contributed by atoms with E-state index in [1.54, 1.807) is 61.6 Å². The molecule has 0 saturated carbocycles. The first-order chi connectivity index (χ1) is 11.0. The van der Waals surface area contributed by atoms with Crippen molar-refractivity contribution in [2.24, 2.45) is 0 Å². The molecule has 0 bridgehead atoms. The Balaban J connectivity index is 1.94. The van der Waals surface area contributed by atoms with E-state index in [0.717, 1.165) is 0 Å². The van der Waals surface area contributed by atoms with E-state index in [-0.39, 0.29) is 18.4 Å². The van der Waals surface area contributed by atoms with E-state index in [1.165, 1.54) is 0 Å². The van der Waals surface area contributed by atoms with Gasteiger partial charge in [-0.15, -0.1) is 0 Å². The molecule has 1 aromatic carbocycles. The van der Waals surface area contributed by atoms with Crippen molar-refractivity contribution in [3.05, 3.63) is 53.2 Å². The standard InChI is InChI=1S/C16H17ClN4O2/c1-21(2)15-13(4-3-9-18-15)16(23)19-10-14(22)20-12-7-5-11(17)6-8-12/h3-9H,10H2,1-2H3,(H,19,23)(H,20,22). The number of carbonyl (C=O) groups excluding carboxylic acids is 2. The molecule has 0 saturated heterocycles. The maximum Gasteiger partial charge on any atom is 0.255 e. The maximum atomic E-state index is 12.2. The Labute approximate surface area is 139 Å². The van der Waals surface area contributed by atoms with Crippen molar-refractivity contribution >= 4 is 34.9 Å². The third-order valence-corrected chi connectivity index (χ3v) is 3.24. The summed E-state index contributed by atoms with van der Waals surface area (Å²) in [6, 6.07) is 10.1. The van der Waals surface area contributed by atoms with Crippen LogP contribution in [0.2, 0.25) is 5.02 Å². The first-order valence-electron chi connectivity index (χ1n) is 6.93. The molecule has 6 nitrogen and oxygen atoms in total. The van der Waals surface area contributed by atoms with E-state index in [2.05, 4.69) is 15.6 Å². The molecular weight excluding hydrogens is 316 g/mol. The van der Waals surface area contributed by atoms with Gasteiger partial charge in [0.15, 0.2) is 0 Å². The Morgan fingerprint density at radius 1 is 1.17 bits per heavy atom. The van der Waals surface area contributed by atoms with E-state index in [0.29, 0.717) is 22.1 Å².